The van der Waals surface area contributed by atoms with Gasteiger partial charge in [0.05, 0.1) is 24.3 Å². The van der Waals surface area contributed by atoms with Crippen molar-refractivity contribution in [2.75, 3.05) is 39.4 Å². The van der Waals surface area contributed by atoms with Gasteiger partial charge < -0.3 is 14.5 Å². The zero-order chi connectivity index (χ0) is 17.3. The smallest absolute Gasteiger partial charge is 0.230 e. The number of hydrogen-bond donors (Lipinski definition) is 0. The van der Waals surface area contributed by atoms with E-state index in [2.05, 4.69) is 9.88 Å². The van der Waals surface area contributed by atoms with Gasteiger partial charge in [0.2, 0.25) is 5.91 Å². The second kappa shape index (κ2) is 7.04. The highest BCUT2D eigenvalue weighted by molar-refractivity contribution is 5.85. The fourth-order valence-electron chi connectivity index (χ4n) is 4.78. The molecule has 3 aliphatic rings. The van der Waals surface area contributed by atoms with E-state index in [1.807, 2.05) is 30.0 Å². The summed E-state index contributed by atoms with van der Waals surface area (Å²) in [4.78, 5) is 22.3. The van der Waals surface area contributed by atoms with Crippen molar-refractivity contribution in [1.82, 2.24) is 14.8 Å². The molecule has 1 spiro atoms. The zero-order valence-electron chi connectivity index (χ0n) is 15.2. The molecule has 3 saturated heterocycles. The Bertz CT molecular complexity index is 629. The summed E-state index contributed by atoms with van der Waals surface area (Å²) in [6.07, 6.45) is 4.34. The molecule has 0 saturated carbocycles. The first-order valence-electron chi connectivity index (χ1n) is 9.67. The first kappa shape index (κ1) is 17.0. The highest BCUT2D eigenvalue weighted by Gasteiger charge is 2.48. The summed E-state index contributed by atoms with van der Waals surface area (Å²) in [6, 6.07) is 6.06. The molecular formula is C20H29N3O2. The van der Waals surface area contributed by atoms with Crippen LogP contribution in [0.4, 0.5) is 0 Å². The Kier molecular flexibility index (Phi) is 4.78. The van der Waals surface area contributed by atoms with E-state index in [-0.39, 0.29) is 5.41 Å². The van der Waals surface area contributed by atoms with E-state index in [0.29, 0.717) is 18.4 Å². The molecule has 0 aliphatic carbocycles. The molecular weight excluding hydrogens is 314 g/mol. The number of aryl methyl sites for hydroxylation is 1. The van der Waals surface area contributed by atoms with Gasteiger partial charge in [0.15, 0.2) is 0 Å². The van der Waals surface area contributed by atoms with E-state index in [1.165, 1.54) is 6.42 Å². The van der Waals surface area contributed by atoms with Crippen molar-refractivity contribution in [3.05, 3.63) is 29.6 Å². The number of aromatic nitrogens is 1. The maximum Gasteiger partial charge on any atom is 0.230 e. The van der Waals surface area contributed by atoms with E-state index >= 15 is 0 Å². The molecule has 3 aliphatic heterocycles. The zero-order valence-corrected chi connectivity index (χ0v) is 15.2. The van der Waals surface area contributed by atoms with Crippen molar-refractivity contribution >= 4 is 5.91 Å². The van der Waals surface area contributed by atoms with Crippen LogP contribution in [0.15, 0.2) is 18.2 Å². The van der Waals surface area contributed by atoms with Gasteiger partial charge in [-0.05, 0) is 57.2 Å². The fourth-order valence-corrected chi connectivity index (χ4v) is 4.78. The Morgan fingerprint density at radius 2 is 2.24 bits per heavy atom. The van der Waals surface area contributed by atoms with Crippen LogP contribution >= 0.6 is 0 Å². The van der Waals surface area contributed by atoms with Gasteiger partial charge in [-0.1, -0.05) is 6.07 Å². The molecule has 0 aromatic carbocycles. The molecule has 1 aromatic rings. The van der Waals surface area contributed by atoms with Crippen LogP contribution in [0, 0.1) is 18.3 Å². The Balaban J connectivity index is 1.40. The number of rotatable bonds is 4. The third-order valence-electron chi connectivity index (χ3n) is 6.10. The molecule has 0 unspecified atom stereocenters. The first-order valence-corrected chi connectivity index (χ1v) is 9.67. The number of carbonyl (C=O) groups excluding carboxylic acids is 1. The minimum Gasteiger partial charge on any atom is -0.381 e. The topological polar surface area (TPSA) is 45.7 Å². The van der Waals surface area contributed by atoms with Crippen molar-refractivity contribution in [2.45, 2.75) is 39.2 Å². The summed E-state index contributed by atoms with van der Waals surface area (Å²) in [5.74, 6) is 1.00. The van der Waals surface area contributed by atoms with Gasteiger partial charge in [0, 0.05) is 31.9 Å². The molecule has 4 heterocycles. The Hall–Kier alpha value is -1.46. The lowest BCUT2D eigenvalue weighted by molar-refractivity contribution is -0.139. The van der Waals surface area contributed by atoms with Crippen LogP contribution in [0.5, 0.6) is 0 Å². The highest BCUT2D eigenvalue weighted by atomic mass is 16.5. The van der Waals surface area contributed by atoms with Gasteiger partial charge in [-0.2, -0.15) is 0 Å². The SMILES string of the molecule is Cc1cccc(CN2CC[C@@]3(CCCN(C[C@H]4CCOC4)C3)C2=O)n1. The van der Waals surface area contributed by atoms with Gasteiger partial charge in [0.1, 0.15) is 0 Å². The Morgan fingerprint density at radius 1 is 1.32 bits per heavy atom. The summed E-state index contributed by atoms with van der Waals surface area (Å²) in [7, 11) is 0. The molecule has 5 heteroatoms. The first-order chi connectivity index (χ1) is 12.1. The number of carbonyl (C=O) groups is 1. The van der Waals surface area contributed by atoms with Crippen LogP contribution in [0.1, 0.15) is 37.1 Å². The van der Waals surface area contributed by atoms with Crippen LogP contribution in [0.2, 0.25) is 0 Å². The van der Waals surface area contributed by atoms with Crippen LogP contribution < -0.4 is 0 Å². The number of hydrogen-bond acceptors (Lipinski definition) is 4. The van der Waals surface area contributed by atoms with Gasteiger partial charge in [-0.3, -0.25) is 9.78 Å². The summed E-state index contributed by atoms with van der Waals surface area (Å²) in [5, 5.41) is 0. The standard InChI is InChI=1S/C20H29N3O2/c1-16-4-2-5-18(21-16)13-23-10-8-20(19(23)24)7-3-9-22(15-20)12-17-6-11-25-14-17/h2,4-5,17H,3,6-15H2,1H3/t17-,20-/m1/s1. The van der Waals surface area contributed by atoms with Gasteiger partial charge >= 0.3 is 0 Å². The monoisotopic (exact) mass is 343 g/mol. The van der Waals surface area contributed by atoms with E-state index in [4.69, 9.17) is 4.74 Å². The summed E-state index contributed by atoms with van der Waals surface area (Å²) < 4.78 is 5.52. The fraction of sp³-hybridized carbons (Fsp3) is 0.700. The van der Waals surface area contributed by atoms with Gasteiger partial charge in [-0.25, -0.2) is 0 Å². The van der Waals surface area contributed by atoms with Crippen LogP contribution in [-0.2, 0) is 16.1 Å². The number of ether oxygens (including phenoxy) is 1. The minimum atomic E-state index is -0.151. The molecule has 2 atom stereocenters. The molecule has 0 N–H and O–H groups in total. The molecule has 3 fully saturated rings. The molecule has 5 nitrogen and oxygen atoms in total. The van der Waals surface area contributed by atoms with Crippen molar-refractivity contribution < 1.29 is 9.53 Å². The van der Waals surface area contributed by atoms with Gasteiger partial charge in [0.25, 0.3) is 0 Å². The number of likely N-dealkylation sites (tertiary alicyclic amines) is 2. The lowest BCUT2D eigenvalue weighted by Crippen LogP contribution is -2.49. The Labute approximate surface area is 150 Å². The van der Waals surface area contributed by atoms with Crippen molar-refractivity contribution in [3.8, 4) is 0 Å². The highest BCUT2D eigenvalue weighted by Crippen LogP contribution is 2.41. The third kappa shape index (κ3) is 3.58. The molecule has 0 radical (unpaired) electrons. The molecule has 0 bridgehead atoms. The number of nitrogens with zero attached hydrogens (tertiary/aromatic N) is 3. The van der Waals surface area contributed by atoms with Crippen LogP contribution in [0.25, 0.3) is 0 Å². The normalized spacial score (nSPS) is 30.5. The Morgan fingerprint density at radius 3 is 3.04 bits per heavy atom. The third-order valence-corrected chi connectivity index (χ3v) is 6.10. The lowest BCUT2D eigenvalue weighted by atomic mass is 9.78. The molecule has 1 amide bonds. The molecule has 1 aromatic heterocycles. The second-order valence-corrected chi connectivity index (χ2v) is 8.10. The van der Waals surface area contributed by atoms with Crippen molar-refractivity contribution in [2.24, 2.45) is 11.3 Å². The average molecular weight is 343 g/mol. The largest absolute Gasteiger partial charge is 0.381 e. The van der Waals surface area contributed by atoms with E-state index in [1.54, 1.807) is 0 Å². The predicted octanol–water partition coefficient (Wildman–Crippen LogP) is 2.24. The molecule has 136 valence electrons. The van der Waals surface area contributed by atoms with Crippen LogP contribution in [0.3, 0.4) is 0 Å². The van der Waals surface area contributed by atoms with E-state index in [9.17, 15) is 4.79 Å². The maximum absolute atomic E-state index is 13.2. The molecule has 4 rings (SSSR count). The van der Waals surface area contributed by atoms with Crippen molar-refractivity contribution in [1.29, 1.82) is 0 Å². The van der Waals surface area contributed by atoms with Crippen molar-refractivity contribution in [3.63, 3.8) is 0 Å². The summed E-state index contributed by atoms with van der Waals surface area (Å²) in [6.45, 7) is 8.47. The van der Waals surface area contributed by atoms with E-state index in [0.717, 1.165) is 70.0 Å². The maximum atomic E-state index is 13.2. The van der Waals surface area contributed by atoms with E-state index < -0.39 is 0 Å². The number of amides is 1. The van der Waals surface area contributed by atoms with Gasteiger partial charge in [-0.15, -0.1) is 0 Å². The molecule has 25 heavy (non-hydrogen) atoms. The lowest BCUT2D eigenvalue weighted by Gasteiger charge is -2.40. The quantitative estimate of drug-likeness (QED) is 0.841. The summed E-state index contributed by atoms with van der Waals surface area (Å²) in [5.41, 5.74) is 1.87. The summed E-state index contributed by atoms with van der Waals surface area (Å²) >= 11 is 0. The minimum absolute atomic E-state index is 0.151. The predicted molar refractivity (Wildman–Crippen MR) is 96.0 cm³/mol. The average Bonchev–Trinajstić information content (AvgIpc) is 3.20. The number of pyridine rings is 1. The number of piperidine rings is 1. The second-order valence-electron chi connectivity index (χ2n) is 8.10. The van der Waals surface area contributed by atoms with Crippen LogP contribution in [-0.4, -0.2) is 60.1 Å².